The van der Waals surface area contributed by atoms with Crippen LogP contribution in [0.1, 0.15) is 31.7 Å². The van der Waals surface area contributed by atoms with Crippen molar-refractivity contribution < 1.29 is 9.59 Å². The molecule has 1 aromatic carbocycles. The van der Waals surface area contributed by atoms with E-state index in [1.165, 1.54) is 0 Å². The van der Waals surface area contributed by atoms with Crippen molar-refractivity contribution in [2.45, 2.75) is 38.6 Å². The van der Waals surface area contributed by atoms with Crippen molar-refractivity contribution in [2.24, 2.45) is 11.7 Å². The number of nitrogens with zero attached hydrogens (tertiary/aromatic N) is 1. The number of amides is 2. The summed E-state index contributed by atoms with van der Waals surface area (Å²) in [6.45, 7) is 2.29. The van der Waals surface area contributed by atoms with Gasteiger partial charge in [0.2, 0.25) is 11.8 Å². The van der Waals surface area contributed by atoms with E-state index in [9.17, 15) is 9.59 Å². The maximum absolute atomic E-state index is 12.2. The molecule has 2 amide bonds. The summed E-state index contributed by atoms with van der Waals surface area (Å²) < 4.78 is 0. The highest BCUT2D eigenvalue weighted by Gasteiger charge is 2.30. The van der Waals surface area contributed by atoms with Crippen molar-refractivity contribution in [2.75, 3.05) is 16.8 Å². The second kappa shape index (κ2) is 5.48. The van der Waals surface area contributed by atoms with Crippen molar-refractivity contribution in [3.05, 3.63) is 23.8 Å². The van der Waals surface area contributed by atoms with E-state index < -0.39 is 0 Å². The number of nitrogens with two attached hydrogens (primary N) is 1. The molecule has 1 aliphatic heterocycles. The van der Waals surface area contributed by atoms with E-state index in [0.717, 1.165) is 49.2 Å². The minimum atomic E-state index is -0.0769. The first-order valence-electron chi connectivity index (χ1n) is 7.54. The molecule has 1 heterocycles. The molecule has 5 heteroatoms. The molecule has 5 nitrogen and oxygen atoms in total. The van der Waals surface area contributed by atoms with E-state index in [4.69, 9.17) is 5.73 Å². The molecule has 1 aromatic rings. The monoisotopic (exact) mass is 287 g/mol. The molecule has 2 unspecified atom stereocenters. The Morgan fingerprint density at radius 3 is 2.81 bits per heavy atom. The summed E-state index contributed by atoms with van der Waals surface area (Å²) in [6.07, 6.45) is 3.66. The molecule has 112 valence electrons. The molecular weight excluding hydrogens is 266 g/mol. The van der Waals surface area contributed by atoms with Crippen LogP contribution >= 0.6 is 0 Å². The fourth-order valence-electron chi connectivity index (χ4n) is 3.36. The van der Waals surface area contributed by atoms with Crippen LogP contribution < -0.4 is 16.0 Å². The van der Waals surface area contributed by atoms with Gasteiger partial charge in [-0.1, -0.05) is 6.42 Å². The smallest absolute Gasteiger partial charge is 0.229 e. The molecule has 3 rings (SSSR count). The van der Waals surface area contributed by atoms with Gasteiger partial charge in [0.05, 0.1) is 5.92 Å². The lowest BCUT2D eigenvalue weighted by atomic mass is 10.0. The van der Waals surface area contributed by atoms with Gasteiger partial charge >= 0.3 is 0 Å². The maximum atomic E-state index is 12.2. The fourth-order valence-corrected chi connectivity index (χ4v) is 3.36. The van der Waals surface area contributed by atoms with Crippen LogP contribution in [0.15, 0.2) is 18.2 Å². The Bertz CT molecular complexity index is 585. The van der Waals surface area contributed by atoms with Gasteiger partial charge in [-0.3, -0.25) is 9.59 Å². The minimum Gasteiger partial charge on any atom is -0.327 e. The number of rotatable bonds is 2. The molecule has 2 aliphatic rings. The van der Waals surface area contributed by atoms with Crippen LogP contribution in [-0.2, 0) is 16.0 Å². The van der Waals surface area contributed by atoms with Gasteiger partial charge in [-0.25, -0.2) is 0 Å². The highest BCUT2D eigenvalue weighted by Crippen LogP contribution is 2.31. The minimum absolute atomic E-state index is 0.0152. The predicted octanol–water partition coefficient (Wildman–Crippen LogP) is 1.66. The molecule has 1 saturated carbocycles. The number of carbonyl (C=O) groups excluding carboxylic acids is 2. The van der Waals surface area contributed by atoms with Crippen molar-refractivity contribution in [3.63, 3.8) is 0 Å². The van der Waals surface area contributed by atoms with Gasteiger partial charge in [-0.15, -0.1) is 0 Å². The first kappa shape index (κ1) is 14.1. The lowest BCUT2D eigenvalue weighted by Crippen LogP contribution is -2.34. The van der Waals surface area contributed by atoms with E-state index in [1.54, 1.807) is 11.8 Å². The molecule has 0 radical (unpaired) electrons. The Labute approximate surface area is 124 Å². The summed E-state index contributed by atoms with van der Waals surface area (Å²) in [7, 11) is 0. The van der Waals surface area contributed by atoms with Gasteiger partial charge < -0.3 is 16.0 Å². The third kappa shape index (κ3) is 2.65. The number of anilines is 2. The zero-order valence-corrected chi connectivity index (χ0v) is 12.3. The number of hydrogen-bond donors (Lipinski definition) is 2. The number of carbonyl (C=O) groups is 2. The molecule has 0 bridgehead atoms. The topological polar surface area (TPSA) is 75.4 Å². The highest BCUT2D eigenvalue weighted by atomic mass is 16.2. The van der Waals surface area contributed by atoms with Gasteiger partial charge in [-0.05, 0) is 43.0 Å². The second-order valence-electron chi connectivity index (χ2n) is 5.95. The van der Waals surface area contributed by atoms with Crippen molar-refractivity contribution >= 4 is 23.2 Å². The molecule has 3 N–H and O–H groups in total. The van der Waals surface area contributed by atoms with Crippen LogP contribution in [0.2, 0.25) is 0 Å². The van der Waals surface area contributed by atoms with Crippen molar-refractivity contribution in [1.82, 2.24) is 0 Å². The average Bonchev–Trinajstić information content (AvgIpc) is 3.04. The molecule has 1 aliphatic carbocycles. The molecule has 0 saturated heterocycles. The number of nitrogens with one attached hydrogen (secondary N) is 1. The Morgan fingerprint density at radius 2 is 2.14 bits per heavy atom. The van der Waals surface area contributed by atoms with E-state index in [0.29, 0.717) is 0 Å². The van der Waals surface area contributed by atoms with Crippen LogP contribution in [-0.4, -0.2) is 24.4 Å². The van der Waals surface area contributed by atoms with Crippen LogP contribution in [0.25, 0.3) is 0 Å². The summed E-state index contributed by atoms with van der Waals surface area (Å²) in [5.74, 6) is -0.00388. The SMILES string of the molecule is CC(=O)N1CCc2cc(NC(=O)C3CCCC3N)ccc21. The van der Waals surface area contributed by atoms with Crippen LogP contribution in [0, 0.1) is 5.92 Å². The Hall–Kier alpha value is -1.88. The molecule has 21 heavy (non-hydrogen) atoms. The summed E-state index contributed by atoms with van der Waals surface area (Å²) in [4.78, 5) is 25.5. The average molecular weight is 287 g/mol. The standard InChI is InChI=1S/C16H21N3O2/c1-10(20)19-8-7-11-9-12(5-6-15(11)19)18-16(21)13-3-2-4-14(13)17/h5-6,9,13-14H,2-4,7-8,17H2,1H3,(H,18,21). The second-order valence-corrected chi connectivity index (χ2v) is 5.95. The van der Waals surface area contributed by atoms with Crippen LogP contribution in [0.5, 0.6) is 0 Å². The molecule has 1 fully saturated rings. The number of benzene rings is 1. The summed E-state index contributed by atoms with van der Waals surface area (Å²) in [6, 6.07) is 5.72. The van der Waals surface area contributed by atoms with Gasteiger partial charge in [0.1, 0.15) is 0 Å². The normalized spacial score (nSPS) is 24.0. The van der Waals surface area contributed by atoms with Crippen molar-refractivity contribution in [3.8, 4) is 0 Å². The molecule has 0 spiro atoms. The van der Waals surface area contributed by atoms with Crippen molar-refractivity contribution in [1.29, 1.82) is 0 Å². The molecule has 0 aromatic heterocycles. The Kier molecular flexibility index (Phi) is 3.68. The maximum Gasteiger partial charge on any atom is 0.229 e. The molecular formula is C16H21N3O2. The number of fused-ring (bicyclic) bond motifs is 1. The van der Waals surface area contributed by atoms with Crippen LogP contribution in [0.3, 0.4) is 0 Å². The third-order valence-electron chi connectivity index (χ3n) is 4.53. The fraction of sp³-hybridized carbons (Fsp3) is 0.500. The predicted molar refractivity (Wildman–Crippen MR) is 82.1 cm³/mol. The number of hydrogen-bond acceptors (Lipinski definition) is 3. The zero-order valence-electron chi connectivity index (χ0n) is 12.3. The lowest BCUT2D eigenvalue weighted by molar-refractivity contribution is -0.120. The van der Waals surface area contributed by atoms with Gasteiger partial charge in [0, 0.05) is 30.9 Å². The molecule has 2 atom stereocenters. The van der Waals surface area contributed by atoms with E-state index in [2.05, 4.69) is 5.32 Å². The highest BCUT2D eigenvalue weighted by molar-refractivity contribution is 5.96. The van der Waals surface area contributed by atoms with E-state index in [-0.39, 0.29) is 23.8 Å². The third-order valence-corrected chi connectivity index (χ3v) is 4.53. The van der Waals surface area contributed by atoms with Crippen LogP contribution in [0.4, 0.5) is 11.4 Å². The lowest BCUT2D eigenvalue weighted by Gasteiger charge is -2.17. The summed E-state index contributed by atoms with van der Waals surface area (Å²) in [5.41, 5.74) is 8.83. The summed E-state index contributed by atoms with van der Waals surface area (Å²) in [5, 5.41) is 2.97. The van der Waals surface area contributed by atoms with Gasteiger partial charge in [0.15, 0.2) is 0 Å². The van der Waals surface area contributed by atoms with E-state index >= 15 is 0 Å². The first-order chi connectivity index (χ1) is 10.1. The first-order valence-corrected chi connectivity index (χ1v) is 7.54. The largest absolute Gasteiger partial charge is 0.327 e. The Morgan fingerprint density at radius 1 is 1.33 bits per heavy atom. The summed E-state index contributed by atoms with van der Waals surface area (Å²) >= 11 is 0. The van der Waals surface area contributed by atoms with E-state index in [1.807, 2.05) is 18.2 Å². The zero-order chi connectivity index (χ0) is 15.0. The van der Waals surface area contributed by atoms with Gasteiger partial charge in [0.25, 0.3) is 0 Å². The van der Waals surface area contributed by atoms with Gasteiger partial charge in [-0.2, -0.15) is 0 Å². The Balaban J connectivity index is 1.73. The quantitative estimate of drug-likeness (QED) is 0.868.